The molecule has 0 bridgehead atoms. The molecule has 8 nitrogen and oxygen atoms in total. The van der Waals surface area contributed by atoms with Crippen molar-refractivity contribution in [1.82, 2.24) is 15.2 Å². The molecular formula is C19H18N6O2. The molecule has 1 heterocycles. The van der Waals surface area contributed by atoms with Crippen molar-refractivity contribution in [3.05, 3.63) is 60.3 Å². The number of rotatable bonds is 6. The number of ketones is 1. The molecule has 3 rings (SSSR count). The van der Waals surface area contributed by atoms with E-state index in [4.69, 9.17) is 0 Å². The summed E-state index contributed by atoms with van der Waals surface area (Å²) >= 11 is 0. The first kappa shape index (κ1) is 18.0. The maximum absolute atomic E-state index is 11.5. The number of nitrogens with zero attached hydrogens (tertiary/aromatic N) is 3. The number of Topliss-reactive ketones (excluding diaryl/α,β-unsaturated/α-hetero) is 1. The van der Waals surface area contributed by atoms with Crippen LogP contribution in [0.4, 0.5) is 28.8 Å². The molecule has 0 radical (unpaired) electrons. The number of carbonyl (C=O) groups is 2. The maximum Gasteiger partial charge on any atom is 0.249 e. The van der Waals surface area contributed by atoms with Gasteiger partial charge in [-0.25, -0.2) is 0 Å². The van der Waals surface area contributed by atoms with Gasteiger partial charge in [0.2, 0.25) is 11.9 Å². The van der Waals surface area contributed by atoms with E-state index >= 15 is 0 Å². The van der Waals surface area contributed by atoms with Crippen LogP contribution in [0.3, 0.4) is 0 Å². The molecule has 0 unspecified atom stereocenters. The Balaban J connectivity index is 1.75. The first-order chi connectivity index (χ1) is 13.0. The molecule has 0 spiro atoms. The highest BCUT2D eigenvalue weighted by Crippen LogP contribution is 2.20. The van der Waals surface area contributed by atoms with Gasteiger partial charge in [-0.2, -0.15) is 10.1 Å². The molecule has 0 saturated carbocycles. The molecule has 2 aromatic carbocycles. The lowest BCUT2D eigenvalue weighted by Crippen LogP contribution is -2.06. The summed E-state index contributed by atoms with van der Waals surface area (Å²) in [6.45, 7) is 2.96. The zero-order valence-corrected chi connectivity index (χ0v) is 14.9. The van der Waals surface area contributed by atoms with Crippen molar-refractivity contribution < 1.29 is 9.59 Å². The molecule has 1 aromatic heterocycles. The molecule has 0 saturated heterocycles. The van der Waals surface area contributed by atoms with Crippen LogP contribution in [0.1, 0.15) is 24.2 Å². The van der Waals surface area contributed by atoms with E-state index in [1.165, 1.54) is 20.0 Å². The second-order valence-corrected chi connectivity index (χ2v) is 5.81. The van der Waals surface area contributed by atoms with E-state index in [0.29, 0.717) is 28.7 Å². The third kappa shape index (κ3) is 5.08. The Hall–Kier alpha value is -3.81. The number of benzene rings is 2. The summed E-state index contributed by atoms with van der Waals surface area (Å²) in [5.74, 6) is 0.608. The first-order valence-electron chi connectivity index (χ1n) is 8.22. The lowest BCUT2D eigenvalue weighted by Gasteiger charge is -2.09. The predicted molar refractivity (Wildman–Crippen MR) is 104 cm³/mol. The van der Waals surface area contributed by atoms with Crippen molar-refractivity contribution >= 4 is 40.5 Å². The van der Waals surface area contributed by atoms with Gasteiger partial charge in [-0.3, -0.25) is 9.59 Å². The van der Waals surface area contributed by atoms with Crippen molar-refractivity contribution in [3.63, 3.8) is 0 Å². The Bertz CT molecular complexity index is 989. The van der Waals surface area contributed by atoms with Gasteiger partial charge >= 0.3 is 0 Å². The van der Waals surface area contributed by atoms with E-state index in [1.807, 2.05) is 18.2 Å². The summed E-state index contributed by atoms with van der Waals surface area (Å²) in [6, 6.07) is 14.3. The molecule has 0 fully saturated rings. The molecular weight excluding hydrogens is 344 g/mol. The van der Waals surface area contributed by atoms with Crippen LogP contribution >= 0.6 is 0 Å². The Morgan fingerprint density at radius 3 is 2.33 bits per heavy atom. The molecule has 0 atom stereocenters. The molecule has 27 heavy (non-hydrogen) atoms. The normalized spacial score (nSPS) is 10.1. The fourth-order valence-electron chi connectivity index (χ4n) is 2.39. The van der Waals surface area contributed by atoms with Gasteiger partial charge in [0.1, 0.15) is 0 Å². The van der Waals surface area contributed by atoms with Crippen LogP contribution in [0, 0.1) is 0 Å². The van der Waals surface area contributed by atoms with Crippen LogP contribution in [0.2, 0.25) is 0 Å². The van der Waals surface area contributed by atoms with Gasteiger partial charge in [0, 0.05) is 29.5 Å². The van der Waals surface area contributed by atoms with Crippen molar-refractivity contribution in [2.75, 3.05) is 16.0 Å². The van der Waals surface area contributed by atoms with E-state index in [0.717, 1.165) is 5.69 Å². The molecule has 136 valence electrons. The van der Waals surface area contributed by atoms with Gasteiger partial charge in [-0.1, -0.05) is 18.2 Å². The largest absolute Gasteiger partial charge is 0.339 e. The molecule has 0 aliphatic rings. The smallest absolute Gasteiger partial charge is 0.249 e. The van der Waals surface area contributed by atoms with Crippen LogP contribution in [0.25, 0.3) is 0 Å². The lowest BCUT2D eigenvalue weighted by atomic mass is 10.1. The third-order valence-corrected chi connectivity index (χ3v) is 3.54. The van der Waals surface area contributed by atoms with Gasteiger partial charge in [-0.05, 0) is 37.3 Å². The van der Waals surface area contributed by atoms with Crippen molar-refractivity contribution in [2.45, 2.75) is 13.8 Å². The van der Waals surface area contributed by atoms with Gasteiger partial charge in [0.15, 0.2) is 11.6 Å². The topological polar surface area (TPSA) is 109 Å². The summed E-state index contributed by atoms with van der Waals surface area (Å²) in [5, 5.41) is 16.8. The highest BCUT2D eigenvalue weighted by molar-refractivity contribution is 5.95. The maximum atomic E-state index is 11.5. The Morgan fingerprint density at radius 1 is 0.889 bits per heavy atom. The van der Waals surface area contributed by atoms with Gasteiger partial charge < -0.3 is 16.0 Å². The van der Waals surface area contributed by atoms with Crippen LogP contribution in [-0.4, -0.2) is 26.9 Å². The molecule has 3 N–H and O–H groups in total. The van der Waals surface area contributed by atoms with Crippen LogP contribution < -0.4 is 16.0 Å². The summed E-state index contributed by atoms with van der Waals surface area (Å²) in [4.78, 5) is 27.0. The number of anilines is 5. The minimum absolute atomic E-state index is 0.0211. The minimum Gasteiger partial charge on any atom is -0.339 e. The fourth-order valence-corrected chi connectivity index (χ4v) is 2.39. The fraction of sp³-hybridized carbons (Fsp3) is 0.105. The summed E-state index contributed by atoms with van der Waals surface area (Å²) in [5.41, 5.74) is 2.70. The number of amides is 1. The van der Waals surface area contributed by atoms with Gasteiger partial charge in [0.05, 0.1) is 6.20 Å². The number of nitrogens with one attached hydrogen (secondary N) is 3. The number of hydrogen-bond acceptors (Lipinski definition) is 7. The highest BCUT2D eigenvalue weighted by atomic mass is 16.1. The van der Waals surface area contributed by atoms with Gasteiger partial charge in [-0.15, -0.1) is 5.10 Å². The Morgan fingerprint density at radius 2 is 1.59 bits per heavy atom. The van der Waals surface area contributed by atoms with Crippen LogP contribution in [0.15, 0.2) is 54.7 Å². The van der Waals surface area contributed by atoms with E-state index in [1.54, 1.807) is 30.3 Å². The van der Waals surface area contributed by atoms with Gasteiger partial charge in [0.25, 0.3) is 0 Å². The molecule has 0 aliphatic carbocycles. The monoisotopic (exact) mass is 362 g/mol. The van der Waals surface area contributed by atoms with E-state index < -0.39 is 0 Å². The molecule has 3 aromatic rings. The molecule has 0 aliphatic heterocycles. The minimum atomic E-state index is -0.143. The standard InChI is InChI=1S/C19H18N6O2/c1-12(26)14-5-3-6-15(9-14)23-19-24-18(11-20-25-19)22-17-8-4-7-16(10-17)21-13(2)27/h3-11H,1-2H3,(H,21,27)(H2,22,23,24,25). The number of hydrogen-bond donors (Lipinski definition) is 3. The summed E-state index contributed by atoms with van der Waals surface area (Å²) in [6.07, 6.45) is 1.49. The summed E-state index contributed by atoms with van der Waals surface area (Å²) in [7, 11) is 0. The quantitative estimate of drug-likeness (QED) is 0.576. The van der Waals surface area contributed by atoms with E-state index in [9.17, 15) is 9.59 Å². The zero-order valence-electron chi connectivity index (χ0n) is 14.9. The number of aromatic nitrogens is 3. The average Bonchev–Trinajstić information content (AvgIpc) is 2.62. The second kappa shape index (κ2) is 8.05. The Kier molecular flexibility index (Phi) is 5.36. The average molecular weight is 362 g/mol. The molecule has 8 heteroatoms. The lowest BCUT2D eigenvalue weighted by molar-refractivity contribution is -0.114. The van der Waals surface area contributed by atoms with Crippen LogP contribution in [0.5, 0.6) is 0 Å². The number of carbonyl (C=O) groups excluding carboxylic acids is 2. The SMILES string of the molecule is CC(=O)Nc1cccc(Nc2cnnc(Nc3cccc(C(C)=O)c3)n2)c1. The summed E-state index contributed by atoms with van der Waals surface area (Å²) < 4.78 is 0. The van der Waals surface area contributed by atoms with E-state index in [-0.39, 0.29) is 11.7 Å². The van der Waals surface area contributed by atoms with Crippen LogP contribution in [-0.2, 0) is 4.79 Å². The van der Waals surface area contributed by atoms with Crippen molar-refractivity contribution in [3.8, 4) is 0 Å². The molecule has 1 amide bonds. The predicted octanol–water partition coefficient (Wildman–Crippen LogP) is 3.52. The third-order valence-electron chi connectivity index (χ3n) is 3.54. The van der Waals surface area contributed by atoms with Crippen molar-refractivity contribution in [2.24, 2.45) is 0 Å². The zero-order chi connectivity index (χ0) is 19.2. The second-order valence-electron chi connectivity index (χ2n) is 5.81. The van der Waals surface area contributed by atoms with E-state index in [2.05, 4.69) is 31.1 Å². The Labute approximate surface area is 156 Å². The first-order valence-corrected chi connectivity index (χ1v) is 8.22. The van der Waals surface area contributed by atoms with Crippen molar-refractivity contribution in [1.29, 1.82) is 0 Å². The highest BCUT2D eigenvalue weighted by Gasteiger charge is 2.05.